The zero-order valence-electron chi connectivity index (χ0n) is 9.14. The maximum Gasteiger partial charge on any atom is 0.345 e. The number of hydrogen-bond acceptors (Lipinski definition) is 4. The molecule has 2 rings (SSSR count). The molecule has 1 fully saturated rings. The molecule has 1 atom stereocenters. The summed E-state index contributed by atoms with van der Waals surface area (Å²) in [4.78, 5) is 23.1. The fourth-order valence-electron chi connectivity index (χ4n) is 1.67. The minimum Gasteiger partial charge on any atom is -0.477 e. The number of hydrogen-bond donors (Lipinski definition) is 2. The van der Waals surface area contributed by atoms with E-state index in [1.807, 2.05) is 11.8 Å². The summed E-state index contributed by atoms with van der Waals surface area (Å²) in [7, 11) is 0. The Balaban J connectivity index is 1.87. The lowest BCUT2D eigenvalue weighted by Gasteiger charge is -2.08. The van der Waals surface area contributed by atoms with E-state index < -0.39 is 5.97 Å². The van der Waals surface area contributed by atoms with Crippen molar-refractivity contribution in [2.45, 2.75) is 18.1 Å². The molecular weight excluding hydrogens is 258 g/mol. The van der Waals surface area contributed by atoms with Crippen molar-refractivity contribution in [3.63, 3.8) is 0 Å². The third-order valence-corrected chi connectivity index (χ3v) is 5.03. The molecule has 1 aromatic heterocycles. The third-order valence-electron chi connectivity index (χ3n) is 2.55. The molecule has 17 heavy (non-hydrogen) atoms. The lowest BCUT2D eigenvalue weighted by atomic mass is 10.2. The van der Waals surface area contributed by atoms with E-state index in [2.05, 4.69) is 5.32 Å². The largest absolute Gasteiger partial charge is 0.477 e. The summed E-state index contributed by atoms with van der Waals surface area (Å²) in [5.41, 5.74) is 0. The quantitative estimate of drug-likeness (QED) is 0.880. The molecule has 6 heteroatoms. The number of nitrogens with one attached hydrogen (secondary N) is 1. The van der Waals surface area contributed by atoms with Gasteiger partial charge in [0.15, 0.2) is 0 Å². The van der Waals surface area contributed by atoms with E-state index in [1.54, 1.807) is 6.07 Å². The van der Waals surface area contributed by atoms with Crippen LogP contribution < -0.4 is 5.32 Å². The highest BCUT2D eigenvalue weighted by molar-refractivity contribution is 8.00. The van der Waals surface area contributed by atoms with Gasteiger partial charge in [-0.3, -0.25) is 4.79 Å². The molecule has 1 aliphatic heterocycles. The highest BCUT2D eigenvalue weighted by Gasteiger charge is 2.18. The number of rotatable bonds is 4. The Kier molecular flexibility index (Phi) is 4.06. The van der Waals surface area contributed by atoms with E-state index in [9.17, 15) is 9.59 Å². The number of thioether (sulfide) groups is 1. The van der Waals surface area contributed by atoms with Crippen LogP contribution in [0.5, 0.6) is 0 Å². The smallest absolute Gasteiger partial charge is 0.345 e. The van der Waals surface area contributed by atoms with Crippen LogP contribution in [0.2, 0.25) is 0 Å². The van der Waals surface area contributed by atoms with Gasteiger partial charge >= 0.3 is 5.97 Å². The minimum atomic E-state index is -0.986. The highest BCUT2D eigenvalue weighted by atomic mass is 32.2. The van der Waals surface area contributed by atoms with Crippen molar-refractivity contribution in [2.24, 2.45) is 0 Å². The van der Waals surface area contributed by atoms with Crippen LogP contribution in [-0.4, -0.2) is 34.5 Å². The molecular formula is C11H13NO3S2. The standard InChI is InChI=1S/C11H13NO3S2/c13-10(12-6-7-2-1-5-16-7)8-3-4-9(17-8)11(14)15/h3-4,7H,1-2,5-6H2,(H,12,13)(H,14,15)/t7-/m1/s1. The third kappa shape index (κ3) is 3.23. The molecule has 1 saturated heterocycles. The van der Waals surface area contributed by atoms with Gasteiger partial charge in [-0.25, -0.2) is 4.79 Å². The van der Waals surface area contributed by atoms with Crippen LogP contribution in [0.15, 0.2) is 12.1 Å². The molecule has 2 heterocycles. The van der Waals surface area contributed by atoms with Crippen molar-refractivity contribution in [3.8, 4) is 0 Å². The van der Waals surface area contributed by atoms with Gasteiger partial charge in [0.2, 0.25) is 0 Å². The number of thiophene rings is 1. The van der Waals surface area contributed by atoms with Crippen LogP contribution in [0.4, 0.5) is 0 Å². The van der Waals surface area contributed by atoms with Crippen molar-refractivity contribution in [3.05, 3.63) is 21.9 Å². The zero-order valence-corrected chi connectivity index (χ0v) is 10.8. The molecule has 92 valence electrons. The first-order valence-electron chi connectivity index (χ1n) is 5.40. The second-order valence-corrected chi connectivity index (χ2v) is 6.31. The summed E-state index contributed by atoms with van der Waals surface area (Å²) in [6.45, 7) is 0.670. The second-order valence-electron chi connectivity index (χ2n) is 3.81. The molecule has 0 saturated carbocycles. The Morgan fingerprint density at radius 1 is 1.41 bits per heavy atom. The van der Waals surface area contributed by atoms with Crippen LogP contribution in [0.1, 0.15) is 32.2 Å². The predicted octanol–water partition coefficient (Wildman–Crippen LogP) is 2.07. The van der Waals surface area contributed by atoms with E-state index >= 15 is 0 Å². The second kappa shape index (κ2) is 5.55. The molecule has 1 amide bonds. The molecule has 4 nitrogen and oxygen atoms in total. The van der Waals surface area contributed by atoms with Crippen LogP contribution in [0.3, 0.4) is 0 Å². The summed E-state index contributed by atoms with van der Waals surface area (Å²) < 4.78 is 0. The van der Waals surface area contributed by atoms with Crippen molar-refractivity contribution >= 4 is 35.0 Å². The first-order chi connectivity index (χ1) is 8.16. The van der Waals surface area contributed by atoms with Crippen molar-refractivity contribution in [1.82, 2.24) is 5.32 Å². The Labute approximate surface area is 107 Å². The van der Waals surface area contributed by atoms with E-state index in [4.69, 9.17) is 5.11 Å². The van der Waals surface area contributed by atoms with Crippen molar-refractivity contribution in [2.75, 3.05) is 12.3 Å². The molecule has 0 radical (unpaired) electrons. The van der Waals surface area contributed by atoms with Gasteiger partial charge in [0.05, 0.1) is 4.88 Å². The molecule has 1 aliphatic rings. The van der Waals surface area contributed by atoms with Crippen molar-refractivity contribution in [1.29, 1.82) is 0 Å². The summed E-state index contributed by atoms with van der Waals surface area (Å²) >= 11 is 2.90. The Bertz CT molecular complexity index is 424. The predicted molar refractivity (Wildman–Crippen MR) is 69.1 cm³/mol. The summed E-state index contributed by atoms with van der Waals surface area (Å²) in [5.74, 6) is 0.0123. The molecule has 0 aromatic carbocycles. The highest BCUT2D eigenvalue weighted by Crippen LogP contribution is 2.25. The molecule has 0 aliphatic carbocycles. The SMILES string of the molecule is O=C(O)c1ccc(C(=O)NC[C@H]2CCCS2)s1. The van der Waals surface area contributed by atoms with E-state index in [0.717, 1.165) is 17.8 Å². The molecule has 2 N–H and O–H groups in total. The first-order valence-corrected chi connectivity index (χ1v) is 7.26. The fourth-order valence-corrected chi connectivity index (χ4v) is 3.64. The normalized spacial score (nSPS) is 19.2. The summed E-state index contributed by atoms with van der Waals surface area (Å²) in [5, 5.41) is 12.1. The van der Waals surface area contributed by atoms with Gasteiger partial charge in [-0.05, 0) is 30.7 Å². The number of carboxylic acids is 1. The fraction of sp³-hybridized carbons (Fsp3) is 0.455. The molecule has 0 spiro atoms. The number of aromatic carboxylic acids is 1. The van der Waals surface area contributed by atoms with Crippen LogP contribution in [0, 0.1) is 0 Å². The van der Waals surface area contributed by atoms with Gasteiger partial charge in [0.1, 0.15) is 4.88 Å². The lowest BCUT2D eigenvalue weighted by Crippen LogP contribution is -2.29. The Morgan fingerprint density at radius 3 is 2.76 bits per heavy atom. The first kappa shape index (κ1) is 12.4. The van der Waals surface area contributed by atoms with Crippen LogP contribution in [-0.2, 0) is 0 Å². The minimum absolute atomic E-state index is 0.171. The Morgan fingerprint density at radius 2 is 2.18 bits per heavy atom. The zero-order chi connectivity index (χ0) is 12.3. The van der Waals surface area contributed by atoms with Gasteiger partial charge in [0.25, 0.3) is 5.91 Å². The van der Waals surface area contributed by atoms with E-state index in [-0.39, 0.29) is 10.8 Å². The maximum atomic E-state index is 11.7. The summed E-state index contributed by atoms with van der Waals surface area (Å²) in [6, 6.07) is 3.03. The van der Waals surface area contributed by atoms with Crippen molar-refractivity contribution < 1.29 is 14.7 Å². The Hall–Kier alpha value is -1.01. The van der Waals surface area contributed by atoms with Gasteiger partial charge in [0, 0.05) is 11.8 Å². The number of carbonyl (C=O) groups is 2. The number of carbonyl (C=O) groups excluding carboxylic acids is 1. The van der Waals surface area contributed by atoms with Gasteiger partial charge < -0.3 is 10.4 Å². The summed E-state index contributed by atoms with van der Waals surface area (Å²) in [6.07, 6.45) is 2.36. The van der Waals surface area contributed by atoms with Gasteiger partial charge in [-0.2, -0.15) is 11.8 Å². The van der Waals surface area contributed by atoms with Crippen LogP contribution in [0.25, 0.3) is 0 Å². The van der Waals surface area contributed by atoms with Gasteiger partial charge in [-0.15, -0.1) is 11.3 Å². The molecule has 1 aromatic rings. The lowest BCUT2D eigenvalue weighted by molar-refractivity contribution is 0.0702. The average Bonchev–Trinajstić information content (AvgIpc) is 2.96. The number of amides is 1. The molecule has 0 unspecified atom stereocenters. The van der Waals surface area contributed by atoms with E-state index in [0.29, 0.717) is 16.7 Å². The number of carboxylic acid groups (broad SMARTS) is 1. The molecule has 0 bridgehead atoms. The topological polar surface area (TPSA) is 66.4 Å². The average molecular weight is 271 g/mol. The maximum absolute atomic E-state index is 11.7. The van der Waals surface area contributed by atoms with Crippen LogP contribution >= 0.6 is 23.1 Å². The monoisotopic (exact) mass is 271 g/mol. The van der Waals surface area contributed by atoms with Gasteiger partial charge in [-0.1, -0.05) is 0 Å². The van der Waals surface area contributed by atoms with E-state index in [1.165, 1.54) is 18.2 Å².